The molecular formula is C15H22N2O4S. The minimum absolute atomic E-state index is 0.00895. The van der Waals surface area contributed by atoms with Crippen molar-refractivity contribution in [2.24, 2.45) is 0 Å². The van der Waals surface area contributed by atoms with E-state index in [2.05, 4.69) is 4.72 Å². The molecule has 2 rings (SSSR count). The lowest BCUT2D eigenvalue weighted by Crippen LogP contribution is -2.47. The first-order valence-electron chi connectivity index (χ1n) is 7.28. The summed E-state index contributed by atoms with van der Waals surface area (Å²) in [4.78, 5) is 13.9. The highest BCUT2D eigenvalue weighted by Crippen LogP contribution is 2.17. The maximum Gasteiger partial charge on any atom is 0.260 e. The fourth-order valence-electron chi connectivity index (χ4n) is 2.50. The van der Waals surface area contributed by atoms with Gasteiger partial charge in [0.05, 0.1) is 6.26 Å². The quantitative estimate of drug-likeness (QED) is 0.873. The van der Waals surface area contributed by atoms with Crippen molar-refractivity contribution in [3.8, 4) is 5.75 Å². The van der Waals surface area contributed by atoms with Crippen LogP contribution in [0.4, 0.5) is 0 Å². The SMILES string of the molecule is Cc1ccccc1OCC(=O)N1CCC(NS(C)(=O)=O)CC1. The molecule has 6 nitrogen and oxygen atoms in total. The first-order chi connectivity index (χ1) is 10.3. The van der Waals surface area contributed by atoms with Crippen LogP contribution in [-0.4, -0.2) is 51.2 Å². The van der Waals surface area contributed by atoms with Crippen LogP contribution in [0.15, 0.2) is 24.3 Å². The number of carbonyl (C=O) groups is 1. The lowest BCUT2D eigenvalue weighted by Gasteiger charge is -2.32. The number of piperidine rings is 1. The van der Waals surface area contributed by atoms with Gasteiger partial charge in [0.15, 0.2) is 6.61 Å². The Labute approximate surface area is 131 Å². The number of hydrogen-bond donors (Lipinski definition) is 1. The summed E-state index contributed by atoms with van der Waals surface area (Å²) in [5.41, 5.74) is 0.992. The maximum absolute atomic E-state index is 12.1. The van der Waals surface area contributed by atoms with Crippen molar-refractivity contribution >= 4 is 15.9 Å². The summed E-state index contributed by atoms with van der Waals surface area (Å²) in [6, 6.07) is 7.47. The van der Waals surface area contributed by atoms with E-state index in [-0.39, 0.29) is 18.6 Å². The number of hydrogen-bond acceptors (Lipinski definition) is 4. The Morgan fingerprint density at radius 2 is 1.95 bits per heavy atom. The number of nitrogens with zero attached hydrogens (tertiary/aromatic N) is 1. The Morgan fingerprint density at radius 1 is 1.32 bits per heavy atom. The van der Waals surface area contributed by atoms with Crippen LogP contribution in [0.25, 0.3) is 0 Å². The van der Waals surface area contributed by atoms with Crippen LogP contribution < -0.4 is 9.46 Å². The van der Waals surface area contributed by atoms with E-state index in [0.717, 1.165) is 11.8 Å². The van der Waals surface area contributed by atoms with Crippen LogP contribution in [0.2, 0.25) is 0 Å². The highest BCUT2D eigenvalue weighted by molar-refractivity contribution is 7.88. The molecule has 1 aromatic carbocycles. The smallest absolute Gasteiger partial charge is 0.260 e. The molecule has 22 heavy (non-hydrogen) atoms. The van der Waals surface area contributed by atoms with Gasteiger partial charge in [-0.1, -0.05) is 18.2 Å². The van der Waals surface area contributed by atoms with E-state index in [0.29, 0.717) is 31.7 Å². The third-order valence-electron chi connectivity index (χ3n) is 3.67. The number of sulfonamides is 1. The molecule has 0 radical (unpaired) electrons. The average molecular weight is 326 g/mol. The van der Waals surface area contributed by atoms with Gasteiger partial charge in [-0.15, -0.1) is 0 Å². The number of aryl methyl sites for hydroxylation is 1. The molecule has 1 heterocycles. The first kappa shape index (κ1) is 16.8. The Bertz CT molecular complexity index is 622. The molecule has 1 aliphatic rings. The molecule has 1 aliphatic heterocycles. The number of rotatable bonds is 5. The summed E-state index contributed by atoms with van der Waals surface area (Å²) in [6.45, 7) is 3.03. The molecule has 1 fully saturated rings. The molecule has 1 N–H and O–H groups in total. The summed E-state index contributed by atoms with van der Waals surface area (Å²) in [5, 5.41) is 0. The zero-order chi connectivity index (χ0) is 16.2. The van der Waals surface area contributed by atoms with Crippen molar-refractivity contribution in [2.45, 2.75) is 25.8 Å². The van der Waals surface area contributed by atoms with Crippen LogP contribution in [0.3, 0.4) is 0 Å². The summed E-state index contributed by atoms with van der Waals surface area (Å²) in [7, 11) is -3.19. The van der Waals surface area contributed by atoms with E-state index < -0.39 is 10.0 Å². The predicted octanol–water partition coefficient (Wildman–Crippen LogP) is 0.914. The van der Waals surface area contributed by atoms with E-state index in [1.807, 2.05) is 31.2 Å². The van der Waals surface area contributed by atoms with E-state index in [1.54, 1.807) is 4.90 Å². The number of ether oxygens (including phenoxy) is 1. The lowest BCUT2D eigenvalue weighted by molar-refractivity contribution is -0.134. The monoisotopic (exact) mass is 326 g/mol. The van der Waals surface area contributed by atoms with Crippen molar-refractivity contribution in [1.82, 2.24) is 9.62 Å². The van der Waals surface area contributed by atoms with Crippen molar-refractivity contribution in [3.63, 3.8) is 0 Å². The highest BCUT2D eigenvalue weighted by atomic mass is 32.2. The largest absolute Gasteiger partial charge is 0.484 e. The van der Waals surface area contributed by atoms with Gasteiger partial charge in [-0.25, -0.2) is 13.1 Å². The fourth-order valence-corrected chi connectivity index (χ4v) is 3.34. The average Bonchev–Trinajstić information content (AvgIpc) is 2.45. The third-order valence-corrected chi connectivity index (χ3v) is 4.43. The molecule has 1 amide bonds. The van der Waals surface area contributed by atoms with Gasteiger partial charge in [-0.3, -0.25) is 4.79 Å². The van der Waals surface area contributed by atoms with Gasteiger partial charge in [0.2, 0.25) is 10.0 Å². The van der Waals surface area contributed by atoms with Crippen molar-refractivity contribution in [2.75, 3.05) is 26.0 Å². The van der Waals surface area contributed by atoms with Crippen molar-refractivity contribution in [3.05, 3.63) is 29.8 Å². The van der Waals surface area contributed by atoms with Crippen LogP contribution in [-0.2, 0) is 14.8 Å². The van der Waals surface area contributed by atoms with Gasteiger partial charge in [-0.2, -0.15) is 0 Å². The molecule has 1 aromatic rings. The molecule has 0 unspecified atom stereocenters. The number of amides is 1. The maximum atomic E-state index is 12.1. The van der Waals surface area contributed by atoms with Crippen molar-refractivity contribution < 1.29 is 17.9 Å². The number of para-hydroxylation sites is 1. The molecular weight excluding hydrogens is 304 g/mol. The molecule has 7 heteroatoms. The fraction of sp³-hybridized carbons (Fsp3) is 0.533. The molecule has 1 saturated heterocycles. The van der Waals surface area contributed by atoms with Crippen LogP contribution >= 0.6 is 0 Å². The van der Waals surface area contributed by atoms with Crippen molar-refractivity contribution in [1.29, 1.82) is 0 Å². The molecule has 122 valence electrons. The number of benzene rings is 1. The Morgan fingerprint density at radius 3 is 2.55 bits per heavy atom. The third kappa shape index (κ3) is 4.99. The molecule has 0 atom stereocenters. The normalized spacial score (nSPS) is 16.5. The van der Waals surface area contributed by atoms with Crippen LogP contribution in [0, 0.1) is 6.92 Å². The van der Waals surface area contributed by atoms with E-state index in [4.69, 9.17) is 4.74 Å². The Balaban J connectivity index is 1.79. The second-order valence-corrected chi connectivity index (χ2v) is 7.38. The Kier molecular flexibility index (Phi) is 5.42. The molecule has 0 aromatic heterocycles. The van der Waals surface area contributed by atoms with Gasteiger partial charge in [0.25, 0.3) is 5.91 Å². The molecule has 0 aliphatic carbocycles. The summed E-state index contributed by atoms with van der Waals surface area (Å²) >= 11 is 0. The van der Waals surface area contributed by atoms with Gasteiger partial charge in [0.1, 0.15) is 5.75 Å². The van der Waals surface area contributed by atoms with Crippen LogP contribution in [0.5, 0.6) is 5.75 Å². The van der Waals surface area contributed by atoms with Crippen LogP contribution in [0.1, 0.15) is 18.4 Å². The molecule has 0 bridgehead atoms. The van der Waals surface area contributed by atoms with Gasteiger partial charge >= 0.3 is 0 Å². The first-order valence-corrected chi connectivity index (χ1v) is 9.18. The minimum atomic E-state index is -3.19. The van der Waals surface area contributed by atoms with Gasteiger partial charge in [0, 0.05) is 19.1 Å². The van der Waals surface area contributed by atoms with E-state index in [9.17, 15) is 13.2 Å². The minimum Gasteiger partial charge on any atom is -0.484 e. The lowest BCUT2D eigenvalue weighted by atomic mass is 10.1. The number of carbonyl (C=O) groups excluding carboxylic acids is 1. The molecule has 0 saturated carbocycles. The summed E-state index contributed by atoms with van der Waals surface area (Å²) in [5.74, 6) is 0.644. The number of nitrogens with one attached hydrogen (secondary N) is 1. The second-order valence-electron chi connectivity index (χ2n) is 5.60. The molecule has 0 spiro atoms. The topological polar surface area (TPSA) is 75.7 Å². The zero-order valence-electron chi connectivity index (χ0n) is 12.9. The second kappa shape index (κ2) is 7.11. The van der Waals surface area contributed by atoms with E-state index >= 15 is 0 Å². The highest BCUT2D eigenvalue weighted by Gasteiger charge is 2.24. The zero-order valence-corrected chi connectivity index (χ0v) is 13.7. The van der Waals surface area contributed by atoms with E-state index in [1.165, 1.54) is 0 Å². The van der Waals surface area contributed by atoms with Gasteiger partial charge in [-0.05, 0) is 31.4 Å². The standard InChI is InChI=1S/C15H22N2O4S/c1-12-5-3-4-6-14(12)21-11-15(18)17-9-7-13(8-10-17)16-22(2,19)20/h3-6,13,16H,7-11H2,1-2H3. The Hall–Kier alpha value is -1.60. The van der Waals surface area contributed by atoms with Gasteiger partial charge < -0.3 is 9.64 Å². The predicted molar refractivity (Wildman–Crippen MR) is 84.3 cm³/mol. The summed E-state index contributed by atoms with van der Waals surface area (Å²) < 4.78 is 30.5. The summed E-state index contributed by atoms with van der Waals surface area (Å²) in [6.07, 6.45) is 2.41. The number of likely N-dealkylation sites (tertiary alicyclic amines) is 1.